The van der Waals surface area contributed by atoms with Crippen molar-refractivity contribution in [2.75, 3.05) is 45.9 Å². The van der Waals surface area contributed by atoms with Crippen molar-refractivity contribution in [3.8, 4) is 11.5 Å². The number of carbonyl (C=O) groups is 2. The van der Waals surface area contributed by atoms with Crippen molar-refractivity contribution in [2.24, 2.45) is 5.92 Å². The number of hydroxylamine groups is 1. The van der Waals surface area contributed by atoms with Crippen molar-refractivity contribution in [3.05, 3.63) is 106 Å². The van der Waals surface area contributed by atoms with Gasteiger partial charge in [-0.25, -0.2) is 9.59 Å². The smallest absolute Gasteiger partial charge is 0.426 e. The number of benzene rings is 3. The largest absolute Gasteiger partial charge is 0.506 e. The Morgan fingerprint density at radius 3 is 2.51 bits per heavy atom. The van der Waals surface area contributed by atoms with E-state index >= 15 is 0 Å². The van der Waals surface area contributed by atoms with Gasteiger partial charge in [-0.2, -0.15) is 0 Å². The summed E-state index contributed by atoms with van der Waals surface area (Å²) in [5, 5.41) is 27.6. The summed E-state index contributed by atoms with van der Waals surface area (Å²) >= 11 is 0. The van der Waals surface area contributed by atoms with Crippen molar-refractivity contribution in [3.63, 3.8) is 0 Å². The highest BCUT2D eigenvalue weighted by Crippen LogP contribution is 2.30. The number of carbonyl (C=O) groups excluding carboxylic acids is 2. The Kier molecular flexibility index (Phi) is 13.3. The summed E-state index contributed by atoms with van der Waals surface area (Å²) in [6.45, 7) is 4.16. The van der Waals surface area contributed by atoms with Gasteiger partial charge in [0.25, 0.3) is 0 Å². The number of hydrogen-bond donors (Lipinski definition) is 6. The van der Waals surface area contributed by atoms with E-state index in [0.717, 1.165) is 69.3 Å². The monoisotopic (exact) mass is 727 g/mol. The molecule has 53 heavy (non-hydrogen) atoms. The minimum absolute atomic E-state index is 0.0421. The minimum atomic E-state index is -0.805. The molecule has 282 valence electrons. The van der Waals surface area contributed by atoms with Crippen molar-refractivity contribution < 1.29 is 34.1 Å². The molecule has 0 aliphatic carbocycles. The van der Waals surface area contributed by atoms with Crippen LogP contribution in [-0.2, 0) is 14.4 Å². The van der Waals surface area contributed by atoms with Crippen LogP contribution in [0.2, 0.25) is 0 Å². The first-order valence-corrected chi connectivity index (χ1v) is 18.5. The average Bonchev–Trinajstić information content (AvgIpc) is 3.19. The molecule has 13 heteroatoms. The molecule has 4 heterocycles. The van der Waals surface area contributed by atoms with Crippen molar-refractivity contribution in [2.45, 2.75) is 56.7 Å². The third-order valence-corrected chi connectivity index (χ3v) is 10.0. The van der Waals surface area contributed by atoms with Crippen LogP contribution in [0.15, 0.2) is 83.7 Å². The number of nitrogens with zero attached hydrogens (tertiary/aromatic N) is 1. The molecule has 2 bridgehead atoms. The Balaban J connectivity index is 0.875. The molecule has 13 nitrogen and oxygen atoms in total. The van der Waals surface area contributed by atoms with E-state index in [2.05, 4.69) is 26.0 Å². The van der Waals surface area contributed by atoms with Gasteiger partial charge < -0.3 is 45.0 Å². The molecule has 3 aromatic carbocycles. The number of aromatic hydroxyl groups is 1. The fraction of sp³-hybridized carbons (Fsp3) is 0.425. The molecule has 7 rings (SSSR count). The topological polar surface area (TPSA) is 174 Å². The van der Waals surface area contributed by atoms with Crippen LogP contribution < -0.4 is 26.4 Å². The van der Waals surface area contributed by atoms with Gasteiger partial charge in [0, 0.05) is 24.5 Å². The number of aliphatic hydroxyl groups is 1. The number of esters is 1. The number of fused-ring (bicyclic) bond motifs is 4. The van der Waals surface area contributed by atoms with Crippen LogP contribution in [-0.4, -0.2) is 84.1 Å². The molecule has 0 radical (unpaired) electrons. The van der Waals surface area contributed by atoms with E-state index < -0.39 is 24.2 Å². The van der Waals surface area contributed by atoms with Crippen LogP contribution in [0.5, 0.6) is 11.5 Å². The maximum absolute atomic E-state index is 13.0. The van der Waals surface area contributed by atoms with E-state index in [1.807, 2.05) is 42.5 Å². The summed E-state index contributed by atoms with van der Waals surface area (Å²) in [6.07, 6.45) is 4.25. The van der Waals surface area contributed by atoms with Gasteiger partial charge in [0.15, 0.2) is 6.61 Å². The Morgan fingerprint density at radius 1 is 0.925 bits per heavy atom. The lowest BCUT2D eigenvalue weighted by molar-refractivity contribution is -0.146. The SMILES string of the molecule is O=C(COc1cccc(C(NC(=O)ON[C@H]2CN3CCC2CC3)c2ccccc2)c1)OCCCCCCNC[C@H](O)c1ccc(O)c2[nH]c(=O)ccc12. The average molecular weight is 728 g/mol. The number of phenolic OH excluding ortho intramolecular Hbond substituents is 1. The molecule has 3 atom stereocenters. The number of rotatable bonds is 18. The van der Waals surface area contributed by atoms with Gasteiger partial charge in [-0.1, -0.05) is 61.4 Å². The van der Waals surface area contributed by atoms with Gasteiger partial charge in [-0.05, 0) is 92.2 Å². The fourth-order valence-corrected chi connectivity index (χ4v) is 7.14. The summed E-state index contributed by atoms with van der Waals surface area (Å²) in [5.74, 6) is 0.486. The number of H-pyrrole nitrogens is 1. The lowest BCUT2D eigenvalue weighted by atomic mass is 9.84. The molecule has 6 N–H and O–H groups in total. The standard InChI is InChI=1S/C40H49N5O8/c46-34-15-13-31(32-14-16-36(48)42-39(32)34)35(47)24-41-19-6-1-2-7-22-51-37(49)26-52-30-12-8-11-29(23-30)38(28-9-4-3-5-10-28)43-40(50)53-44-33-25-45-20-17-27(33)18-21-45/h3-5,8-16,23,27,33,35,38,41,44,46-47H,1-2,6-7,17-22,24-26H2,(H,42,48)(H,43,50)/t33-,35-,38?/m0/s1. The summed E-state index contributed by atoms with van der Waals surface area (Å²) < 4.78 is 11.2. The van der Waals surface area contributed by atoms with Gasteiger partial charge in [0.05, 0.1) is 30.3 Å². The second-order valence-electron chi connectivity index (χ2n) is 13.7. The van der Waals surface area contributed by atoms with Gasteiger partial charge >= 0.3 is 12.1 Å². The summed E-state index contributed by atoms with van der Waals surface area (Å²) in [4.78, 5) is 47.5. The van der Waals surface area contributed by atoms with Crippen molar-refractivity contribution in [1.82, 2.24) is 26.0 Å². The number of aromatic amines is 1. The van der Waals surface area contributed by atoms with Crippen LogP contribution in [0, 0.1) is 5.92 Å². The molecular weight excluding hydrogens is 678 g/mol. The zero-order valence-corrected chi connectivity index (χ0v) is 29.8. The maximum Gasteiger partial charge on any atom is 0.426 e. The molecule has 0 saturated carbocycles. The third-order valence-electron chi connectivity index (χ3n) is 10.0. The van der Waals surface area contributed by atoms with E-state index in [-0.39, 0.29) is 24.0 Å². The van der Waals surface area contributed by atoms with Gasteiger partial charge in [0.1, 0.15) is 11.5 Å². The second kappa shape index (κ2) is 18.7. The first kappa shape index (κ1) is 37.8. The van der Waals surface area contributed by atoms with E-state index in [4.69, 9.17) is 14.3 Å². The number of phenols is 1. The number of pyridine rings is 1. The Hall–Kier alpha value is -4.95. The number of nitrogens with one attached hydrogen (secondary N) is 4. The fourth-order valence-electron chi connectivity index (χ4n) is 7.14. The third kappa shape index (κ3) is 10.6. The molecule has 1 amide bonds. The van der Waals surface area contributed by atoms with Crippen LogP contribution in [0.3, 0.4) is 0 Å². The molecule has 3 saturated heterocycles. The lowest BCUT2D eigenvalue weighted by Crippen LogP contribution is -2.56. The highest BCUT2D eigenvalue weighted by Gasteiger charge is 2.35. The molecule has 3 fully saturated rings. The van der Waals surface area contributed by atoms with Crippen molar-refractivity contribution in [1.29, 1.82) is 0 Å². The molecule has 1 unspecified atom stereocenters. The van der Waals surface area contributed by atoms with Crippen molar-refractivity contribution >= 4 is 23.0 Å². The van der Waals surface area contributed by atoms with E-state index in [0.29, 0.717) is 47.8 Å². The number of amides is 1. The molecular formula is C40H49N5O8. The molecule has 0 spiro atoms. The predicted molar refractivity (Wildman–Crippen MR) is 199 cm³/mol. The Morgan fingerprint density at radius 2 is 1.72 bits per heavy atom. The first-order valence-electron chi connectivity index (χ1n) is 18.5. The number of piperidine rings is 3. The zero-order valence-electron chi connectivity index (χ0n) is 29.8. The predicted octanol–water partition coefficient (Wildman–Crippen LogP) is 4.45. The van der Waals surface area contributed by atoms with Crippen LogP contribution in [0.4, 0.5) is 4.79 Å². The summed E-state index contributed by atoms with van der Waals surface area (Å²) in [6, 6.07) is 22.6. The Bertz CT molecular complexity index is 1860. The number of ether oxygens (including phenoxy) is 2. The molecule has 3 aliphatic rings. The van der Waals surface area contributed by atoms with Crippen LogP contribution in [0.1, 0.15) is 67.4 Å². The quantitative estimate of drug-likeness (QED) is 0.0486. The van der Waals surface area contributed by atoms with E-state index in [1.54, 1.807) is 24.3 Å². The van der Waals surface area contributed by atoms with Crippen LogP contribution in [0.25, 0.3) is 10.9 Å². The zero-order chi connectivity index (χ0) is 37.0. The lowest BCUT2D eigenvalue weighted by Gasteiger charge is -2.44. The molecule has 1 aromatic heterocycles. The summed E-state index contributed by atoms with van der Waals surface area (Å²) in [7, 11) is 0. The molecule has 3 aliphatic heterocycles. The maximum atomic E-state index is 13.0. The number of aromatic nitrogens is 1. The highest BCUT2D eigenvalue weighted by atomic mass is 16.7. The second-order valence-corrected chi connectivity index (χ2v) is 13.7. The number of unbranched alkanes of at least 4 members (excludes halogenated alkanes) is 3. The van der Waals surface area contributed by atoms with Gasteiger partial charge in [-0.3, -0.25) is 4.79 Å². The number of hydrogen-bond acceptors (Lipinski definition) is 11. The van der Waals surface area contributed by atoms with E-state index in [9.17, 15) is 24.6 Å². The van der Waals surface area contributed by atoms with Crippen LogP contribution >= 0.6 is 0 Å². The highest BCUT2D eigenvalue weighted by molar-refractivity contribution is 5.87. The first-order chi connectivity index (χ1) is 25.8. The minimum Gasteiger partial charge on any atom is -0.506 e. The molecule has 4 aromatic rings. The number of aliphatic hydroxyl groups excluding tert-OH is 1. The Labute approximate surface area is 308 Å². The van der Waals surface area contributed by atoms with Gasteiger partial charge in [0.2, 0.25) is 5.56 Å². The summed E-state index contributed by atoms with van der Waals surface area (Å²) in [5.41, 5.74) is 5.26. The van der Waals surface area contributed by atoms with E-state index in [1.165, 1.54) is 12.1 Å². The normalized spacial score (nSPS) is 19.0. The van der Waals surface area contributed by atoms with Gasteiger partial charge in [-0.15, -0.1) is 5.48 Å².